The van der Waals surface area contributed by atoms with Crippen LogP contribution in [0.2, 0.25) is 0 Å². The van der Waals surface area contributed by atoms with Crippen LogP contribution in [0.25, 0.3) is 0 Å². The Hall–Kier alpha value is -3.08. The zero-order valence-corrected chi connectivity index (χ0v) is 15.7. The number of rotatable bonds is 8. The van der Waals surface area contributed by atoms with Gasteiger partial charge < -0.3 is 29.4 Å². The molecule has 2 rings (SSSR count). The molecule has 1 aliphatic rings. The minimum Gasteiger partial charge on any atom is -0.454 e. The number of nitrogens with one attached hydrogen (secondary N) is 1. The van der Waals surface area contributed by atoms with Crippen molar-refractivity contribution in [2.45, 2.75) is 45.4 Å². The first kappa shape index (κ1) is 21.2. The second-order valence-corrected chi connectivity index (χ2v) is 6.14. The van der Waals surface area contributed by atoms with Gasteiger partial charge in [0.2, 0.25) is 6.79 Å². The number of hydrogen-bond acceptors (Lipinski definition) is 9. The van der Waals surface area contributed by atoms with E-state index in [0.717, 1.165) is 0 Å². The van der Waals surface area contributed by atoms with Gasteiger partial charge in [-0.2, -0.15) is 0 Å². The number of nitro groups is 1. The third-order valence-electron chi connectivity index (χ3n) is 4.12. The largest absolute Gasteiger partial charge is 0.509 e. The number of fused-ring (bicyclic) bond motifs is 1. The summed E-state index contributed by atoms with van der Waals surface area (Å²) in [6, 6.07) is 2.08. The van der Waals surface area contributed by atoms with E-state index < -0.39 is 41.8 Å². The highest BCUT2D eigenvalue weighted by molar-refractivity contribution is 5.79. The molecule has 1 aliphatic heterocycles. The number of nitro benzene ring substituents is 1. The summed E-state index contributed by atoms with van der Waals surface area (Å²) < 4.78 is 20.0. The maximum Gasteiger partial charge on any atom is 0.509 e. The van der Waals surface area contributed by atoms with Crippen LogP contribution in [-0.4, -0.2) is 47.6 Å². The van der Waals surface area contributed by atoms with Gasteiger partial charge in [0.05, 0.1) is 28.7 Å². The van der Waals surface area contributed by atoms with E-state index in [2.05, 4.69) is 5.32 Å². The third kappa shape index (κ3) is 5.22. The van der Waals surface area contributed by atoms with Crippen molar-refractivity contribution < 1.29 is 38.6 Å². The van der Waals surface area contributed by atoms with Crippen molar-refractivity contribution in [3.05, 3.63) is 27.8 Å². The predicted molar refractivity (Wildman–Crippen MR) is 94.0 cm³/mol. The maximum absolute atomic E-state index is 11.8. The molecule has 3 unspecified atom stereocenters. The highest BCUT2D eigenvalue weighted by atomic mass is 16.7. The van der Waals surface area contributed by atoms with Gasteiger partial charge in [0.1, 0.15) is 6.10 Å². The molecule has 1 aromatic carbocycles. The molecule has 0 aromatic heterocycles. The zero-order valence-electron chi connectivity index (χ0n) is 15.7. The Morgan fingerprint density at radius 3 is 2.54 bits per heavy atom. The Balaban J connectivity index is 1.96. The average Bonchev–Trinajstić information content (AvgIpc) is 3.10. The van der Waals surface area contributed by atoms with Gasteiger partial charge in [0.15, 0.2) is 18.1 Å². The standard InChI is InChI=1S/C17H22N2O9/c1-4-12(9(2)20)18-16(21)7-25-17(22)28-10(3)11-5-14-15(27-8-26-14)6-13(11)19(23)24/h5-6,9-10,12,20H,4,7-8H2,1-3H3,(H,18,21). The molecule has 3 atom stereocenters. The molecule has 1 amide bonds. The van der Waals surface area contributed by atoms with Crippen LogP contribution >= 0.6 is 0 Å². The Bertz CT molecular complexity index is 750. The highest BCUT2D eigenvalue weighted by Crippen LogP contribution is 2.40. The summed E-state index contributed by atoms with van der Waals surface area (Å²) in [7, 11) is 0. The molecule has 0 bridgehead atoms. The third-order valence-corrected chi connectivity index (χ3v) is 4.12. The van der Waals surface area contributed by atoms with E-state index >= 15 is 0 Å². The van der Waals surface area contributed by atoms with E-state index in [0.29, 0.717) is 12.2 Å². The van der Waals surface area contributed by atoms with Crippen LogP contribution < -0.4 is 14.8 Å². The van der Waals surface area contributed by atoms with E-state index in [9.17, 15) is 24.8 Å². The van der Waals surface area contributed by atoms with Crippen molar-refractivity contribution in [3.8, 4) is 11.5 Å². The monoisotopic (exact) mass is 398 g/mol. The minimum absolute atomic E-state index is 0.0620. The SMILES string of the molecule is CCC(NC(=O)COC(=O)OC(C)c1cc2c(cc1[N+](=O)[O-])OCO2)C(C)O. The summed E-state index contributed by atoms with van der Waals surface area (Å²) in [6.07, 6.45) is -2.46. The van der Waals surface area contributed by atoms with Crippen molar-refractivity contribution >= 4 is 17.7 Å². The van der Waals surface area contributed by atoms with Crippen molar-refractivity contribution in [2.75, 3.05) is 13.4 Å². The Kier molecular flexibility index (Phi) is 6.99. The number of carbonyl (C=O) groups excluding carboxylic acids is 2. The molecular formula is C17H22N2O9. The number of aliphatic hydroxyl groups excluding tert-OH is 1. The van der Waals surface area contributed by atoms with E-state index in [1.807, 2.05) is 0 Å². The molecule has 0 radical (unpaired) electrons. The number of aliphatic hydroxyl groups is 1. The van der Waals surface area contributed by atoms with Gasteiger partial charge in [-0.25, -0.2) is 4.79 Å². The maximum atomic E-state index is 11.8. The van der Waals surface area contributed by atoms with Gasteiger partial charge in [0, 0.05) is 0 Å². The summed E-state index contributed by atoms with van der Waals surface area (Å²) in [5.74, 6) is -0.0792. The van der Waals surface area contributed by atoms with Crippen molar-refractivity contribution in [2.24, 2.45) is 0 Å². The number of benzene rings is 1. The quantitative estimate of drug-likeness (QED) is 0.380. The van der Waals surface area contributed by atoms with E-state index in [4.69, 9.17) is 18.9 Å². The fourth-order valence-electron chi connectivity index (χ4n) is 2.61. The molecule has 154 valence electrons. The average molecular weight is 398 g/mol. The molecule has 1 heterocycles. The molecule has 0 saturated carbocycles. The van der Waals surface area contributed by atoms with E-state index in [-0.39, 0.29) is 23.8 Å². The Morgan fingerprint density at radius 2 is 1.96 bits per heavy atom. The predicted octanol–water partition coefficient (Wildman–Crippen LogP) is 1.81. The lowest BCUT2D eigenvalue weighted by Crippen LogP contribution is -2.43. The van der Waals surface area contributed by atoms with Crippen molar-refractivity contribution in [3.63, 3.8) is 0 Å². The molecule has 0 fully saturated rings. The summed E-state index contributed by atoms with van der Waals surface area (Å²) >= 11 is 0. The van der Waals surface area contributed by atoms with Gasteiger partial charge in [-0.15, -0.1) is 0 Å². The fourth-order valence-corrected chi connectivity index (χ4v) is 2.61. The number of amides is 1. The molecule has 11 heteroatoms. The molecule has 0 spiro atoms. The molecule has 0 aliphatic carbocycles. The highest BCUT2D eigenvalue weighted by Gasteiger charge is 2.28. The van der Waals surface area contributed by atoms with Gasteiger partial charge in [-0.05, 0) is 26.3 Å². The number of carbonyl (C=O) groups is 2. The first-order chi connectivity index (χ1) is 13.2. The first-order valence-electron chi connectivity index (χ1n) is 8.61. The van der Waals surface area contributed by atoms with Crippen LogP contribution in [0.3, 0.4) is 0 Å². The molecule has 1 aromatic rings. The first-order valence-corrected chi connectivity index (χ1v) is 8.61. The summed E-state index contributed by atoms with van der Waals surface area (Å²) in [6.45, 7) is 4.06. The van der Waals surface area contributed by atoms with Gasteiger partial charge in [0.25, 0.3) is 11.6 Å². The van der Waals surface area contributed by atoms with Crippen LogP contribution in [-0.2, 0) is 14.3 Å². The second kappa shape index (κ2) is 9.22. The number of hydrogen-bond donors (Lipinski definition) is 2. The normalized spacial score (nSPS) is 15.3. The summed E-state index contributed by atoms with van der Waals surface area (Å²) in [5, 5.41) is 23.3. The number of nitrogens with zero attached hydrogens (tertiary/aromatic N) is 1. The van der Waals surface area contributed by atoms with E-state index in [1.165, 1.54) is 26.0 Å². The van der Waals surface area contributed by atoms with Gasteiger partial charge in [-0.1, -0.05) is 6.92 Å². The lowest BCUT2D eigenvalue weighted by Gasteiger charge is -2.19. The number of ether oxygens (including phenoxy) is 4. The molecule has 28 heavy (non-hydrogen) atoms. The van der Waals surface area contributed by atoms with Crippen LogP contribution in [0.1, 0.15) is 38.9 Å². The lowest BCUT2D eigenvalue weighted by molar-refractivity contribution is -0.386. The molecule has 11 nitrogen and oxygen atoms in total. The van der Waals surface area contributed by atoms with E-state index in [1.54, 1.807) is 6.92 Å². The minimum atomic E-state index is -1.17. The van der Waals surface area contributed by atoms with Crippen LogP contribution in [0.4, 0.5) is 10.5 Å². The van der Waals surface area contributed by atoms with Gasteiger partial charge >= 0.3 is 6.16 Å². The molecule has 2 N–H and O–H groups in total. The topological polar surface area (TPSA) is 146 Å². The van der Waals surface area contributed by atoms with Gasteiger partial charge in [-0.3, -0.25) is 14.9 Å². The molecular weight excluding hydrogens is 376 g/mol. The van der Waals surface area contributed by atoms with Crippen LogP contribution in [0.5, 0.6) is 11.5 Å². The van der Waals surface area contributed by atoms with Crippen LogP contribution in [0, 0.1) is 10.1 Å². The fraction of sp³-hybridized carbons (Fsp3) is 0.529. The Labute approximate surface area is 160 Å². The van der Waals surface area contributed by atoms with Crippen molar-refractivity contribution in [1.29, 1.82) is 0 Å². The lowest BCUT2D eigenvalue weighted by atomic mass is 10.1. The smallest absolute Gasteiger partial charge is 0.454 e. The Morgan fingerprint density at radius 1 is 1.32 bits per heavy atom. The van der Waals surface area contributed by atoms with Crippen molar-refractivity contribution in [1.82, 2.24) is 5.32 Å². The summed E-state index contributed by atoms with van der Waals surface area (Å²) in [4.78, 5) is 34.3. The zero-order chi connectivity index (χ0) is 20.8. The second-order valence-electron chi connectivity index (χ2n) is 6.14. The van der Waals surface area contributed by atoms with Crippen LogP contribution in [0.15, 0.2) is 12.1 Å². The summed E-state index contributed by atoms with van der Waals surface area (Å²) in [5.41, 5.74) is -0.208. The molecule has 0 saturated heterocycles.